The van der Waals surface area contributed by atoms with Crippen molar-refractivity contribution in [1.82, 2.24) is 0 Å². The van der Waals surface area contributed by atoms with Crippen molar-refractivity contribution >= 4 is 0 Å². The Morgan fingerprint density at radius 1 is 0.850 bits per heavy atom. The molecule has 9 heteroatoms. The Bertz CT molecular complexity index is 485. The van der Waals surface area contributed by atoms with E-state index in [1.54, 1.807) is 0 Å². The monoisotopic (exact) mass is 309 g/mol. The van der Waals surface area contributed by atoms with E-state index >= 15 is 0 Å². The maximum absolute atomic E-state index is 13.9. The van der Waals surface area contributed by atoms with Gasteiger partial charge in [-0.25, -0.2) is 4.39 Å². The minimum Gasteiger partial charge on any atom is -0.221 e. The van der Waals surface area contributed by atoms with Crippen LogP contribution in [0.4, 0.5) is 39.5 Å². The zero-order valence-corrected chi connectivity index (χ0v) is 9.63. The molecule has 0 aliphatic heterocycles. The van der Waals surface area contributed by atoms with E-state index in [2.05, 4.69) is 6.07 Å². The number of benzene rings is 1. The fraction of sp³-hybridized carbons (Fsp3) is 0.455. The topological polar surface area (TPSA) is 0 Å². The maximum Gasteiger partial charge on any atom is 0.457 e. The van der Waals surface area contributed by atoms with E-state index in [1.807, 2.05) is 0 Å². The highest BCUT2D eigenvalue weighted by molar-refractivity contribution is 5.31. The molecule has 0 nitrogen and oxygen atoms in total. The summed E-state index contributed by atoms with van der Waals surface area (Å²) in [7, 11) is 0. The van der Waals surface area contributed by atoms with E-state index in [1.165, 1.54) is 0 Å². The second kappa shape index (κ2) is 4.56. The molecule has 1 aromatic carbocycles. The van der Waals surface area contributed by atoms with Crippen LogP contribution in [0.1, 0.15) is 11.1 Å². The van der Waals surface area contributed by atoms with Crippen LogP contribution in [0.25, 0.3) is 0 Å². The van der Waals surface area contributed by atoms with E-state index in [0.717, 1.165) is 6.92 Å². The predicted octanol–water partition coefficient (Wildman–Crippen LogP) is 4.72. The second-order valence-corrected chi connectivity index (χ2v) is 3.99. The van der Waals surface area contributed by atoms with E-state index in [-0.39, 0.29) is 17.7 Å². The van der Waals surface area contributed by atoms with Gasteiger partial charge in [0.2, 0.25) is 0 Å². The Hall–Kier alpha value is -1.41. The minimum absolute atomic E-state index is 0.181. The molecule has 0 heterocycles. The summed E-state index contributed by atoms with van der Waals surface area (Å²) < 4.78 is 114. The average molecular weight is 309 g/mol. The highest BCUT2D eigenvalue weighted by atomic mass is 19.4. The Morgan fingerprint density at radius 3 is 1.70 bits per heavy atom. The van der Waals surface area contributed by atoms with Crippen molar-refractivity contribution < 1.29 is 39.5 Å². The van der Waals surface area contributed by atoms with Crippen LogP contribution in [-0.2, 0) is 5.67 Å². The Morgan fingerprint density at radius 2 is 1.35 bits per heavy atom. The number of rotatable bonds is 2. The smallest absolute Gasteiger partial charge is 0.221 e. The van der Waals surface area contributed by atoms with Crippen LogP contribution in [0, 0.1) is 13.0 Å². The van der Waals surface area contributed by atoms with E-state index < -0.39 is 29.5 Å². The van der Waals surface area contributed by atoms with Crippen LogP contribution in [0.3, 0.4) is 0 Å². The molecule has 0 saturated carbocycles. The van der Waals surface area contributed by atoms with Gasteiger partial charge in [0.1, 0.15) is 0 Å². The predicted molar refractivity (Wildman–Crippen MR) is 49.9 cm³/mol. The number of aryl methyl sites for hydroxylation is 1. The molecule has 0 spiro atoms. The average Bonchev–Trinajstić information content (AvgIpc) is 2.24. The third kappa shape index (κ3) is 2.33. The number of hydrogen-bond acceptors (Lipinski definition) is 0. The van der Waals surface area contributed by atoms with Crippen molar-refractivity contribution in [1.29, 1.82) is 0 Å². The van der Waals surface area contributed by atoms with Gasteiger partial charge < -0.3 is 0 Å². The summed E-state index contributed by atoms with van der Waals surface area (Å²) >= 11 is 0. The normalized spacial score (nSPS) is 16.9. The van der Waals surface area contributed by atoms with Crippen LogP contribution in [0.5, 0.6) is 0 Å². The van der Waals surface area contributed by atoms with Gasteiger partial charge >= 0.3 is 23.9 Å². The van der Waals surface area contributed by atoms with Crippen molar-refractivity contribution in [3.8, 4) is 0 Å². The lowest BCUT2D eigenvalue weighted by Crippen LogP contribution is -2.59. The highest BCUT2D eigenvalue weighted by Crippen LogP contribution is 2.58. The molecule has 1 radical (unpaired) electrons. The second-order valence-electron chi connectivity index (χ2n) is 3.99. The van der Waals surface area contributed by atoms with Crippen LogP contribution >= 0.6 is 0 Å². The quantitative estimate of drug-likeness (QED) is 0.693. The first kappa shape index (κ1) is 16.6. The zero-order chi connectivity index (χ0) is 16.0. The first-order chi connectivity index (χ1) is 8.75. The highest BCUT2D eigenvalue weighted by Gasteiger charge is 2.81. The van der Waals surface area contributed by atoms with Crippen molar-refractivity contribution in [3.63, 3.8) is 0 Å². The standard InChI is InChI=1S/C11H6F9/c1-6-3-2-4-7(5-6)8(12,10(15,16)17)9(13,14)11(18,19)20/h2,4-5H,1H3. The SMILES string of the molecule is Cc1[c]ccc(C(F)(C(F)(F)F)C(F)(F)C(F)(F)F)c1. The Labute approximate surface area is 107 Å². The summed E-state index contributed by atoms with van der Waals surface area (Å²) in [5.41, 5.74) is -7.92. The van der Waals surface area contributed by atoms with Gasteiger partial charge in [0.05, 0.1) is 0 Å². The summed E-state index contributed by atoms with van der Waals surface area (Å²) in [5, 5.41) is 0. The van der Waals surface area contributed by atoms with Gasteiger partial charge in [0.15, 0.2) is 0 Å². The molecule has 0 amide bonds. The molecule has 1 atom stereocenters. The van der Waals surface area contributed by atoms with Gasteiger partial charge in [-0.3, -0.25) is 0 Å². The molecule has 0 saturated heterocycles. The fourth-order valence-electron chi connectivity index (χ4n) is 1.52. The van der Waals surface area contributed by atoms with Gasteiger partial charge in [-0.1, -0.05) is 18.2 Å². The summed E-state index contributed by atoms with van der Waals surface area (Å²) in [6.45, 7) is 1.08. The van der Waals surface area contributed by atoms with Crippen molar-refractivity contribution in [2.75, 3.05) is 0 Å². The van der Waals surface area contributed by atoms with E-state index in [9.17, 15) is 39.5 Å². The molecule has 113 valence electrons. The molecular formula is C11H6F9. The van der Waals surface area contributed by atoms with Crippen LogP contribution in [0.15, 0.2) is 18.2 Å². The lowest BCUT2D eigenvalue weighted by Gasteiger charge is -2.36. The van der Waals surface area contributed by atoms with Crippen molar-refractivity contribution in [2.24, 2.45) is 0 Å². The molecule has 0 aromatic heterocycles. The molecule has 20 heavy (non-hydrogen) atoms. The summed E-state index contributed by atoms with van der Waals surface area (Å²) in [6.07, 6.45) is -13.2. The number of alkyl halides is 9. The molecule has 0 fully saturated rings. The van der Waals surface area contributed by atoms with Crippen molar-refractivity contribution in [3.05, 3.63) is 35.4 Å². The molecular weight excluding hydrogens is 303 g/mol. The largest absolute Gasteiger partial charge is 0.457 e. The summed E-state index contributed by atoms with van der Waals surface area (Å²) in [6, 6.07) is 3.29. The number of halogens is 9. The summed E-state index contributed by atoms with van der Waals surface area (Å²) in [5.74, 6) is -6.63. The first-order valence-corrected chi connectivity index (χ1v) is 4.94. The van der Waals surface area contributed by atoms with Crippen LogP contribution < -0.4 is 0 Å². The van der Waals surface area contributed by atoms with Crippen LogP contribution in [-0.4, -0.2) is 18.3 Å². The van der Waals surface area contributed by atoms with Gasteiger partial charge in [-0.2, -0.15) is 35.1 Å². The van der Waals surface area contributed by atoms with Crippen molar-refractivity contribution in [2.45, 2.75) is 30.9 Å². The first-order valence-electron chi connectivity index (χ1n) is 4.94. The lowest BCUT2D eigenvalue weighted by atomic mass is 9.87. The Kier molecular flexibility index (Phi) is 3.79. The lowest BCUT2D eigenvalue weighted by molar-refractivity contribution is -0.389. The Balaban J connectivity index is 3.63. The van der Waals surface area contributed by atoms with Gasteiger partial charge in [0.25, 0.3) is 0 Å². The molecule has 0 bridgehead atoms. The molecule has 0 N–H and O–H groups in total. The van der Waals surface area contributed by atoms with E-state index in [4.69, 9.17) is 0 Å². The third-order valence-corrected chi connectivity index (χ3v) is 2.52. The van der Waals surface area contributed by atoms with Gasteiger partial charge in [-0.05, 0) is 18.6 Å². The van der Waals surface area contributed by atoms with Gasteiger partial charge in [-0.15, -0.1) is 0 Å². The molecule has 0 aliphatic carbocycles. The zero-order valence-electron chi connectivity index (χ0n) is 9.63. The molecule has 1 rings (SSSR count). The fourth-order valence-corrected chi connectivity index (χ4v) is 1.52. The molecule has 1 aromatic rings. The minimum atomic E-state index is -6.70. The van der Waals surface area contributed by atoms with E-state index in [0.29, 0.717) is 6.07 Å². The van der Waals surface area contributed by atoms with Gasteiger partial charge in [0, 0.05) is 5.56 Å². The maximum atomic E-state index is 13.9. The molecule has 0 aliphatic rings. The van der Waals surface area contributed by atoms with Crippen LogP contribution in [0.2, 0.25) is 0 Å². The summed E-state index contributed by atoms with van der Waals surface area (Å²) in [4.78, 5) is 0. The molecule has 1 unspecified atom stereocenters. The third-order valence-electron chi connectivity index (χ3n) is 2.52. The number of hydrogen-bond donors (Lipinski definition) is 0.